The fourth-order valence-corrected chi connectivity index (χ4v) is 3.86. The first-order valence-corrected chi connectivity index (χ1v) is 8.40. The van der Waals surface area contributed by atoms with Crippen molar-refractivity contribution in [3.63, 3.8) is 0 Å². The average Bonchev–Trinajstić information content (AvgIpc) is 2.63. The van der Waals surface area contributed by atoms with Crippen molar-refractivity contribution in [2.75, 3.05) is 29.9 Å². The van der Waals surface area contributed by atoms with Crippen LogP contribution in [0.5, 0.6) is 0 Å². The largest absolute Gasteiger partial charge is 0.396 e. The van der Waals surface area contributed by atoms with Crippen LogP contribution in [0.1, 0.15) is 42.3 Å². The molecule has 0 spiro atoms. The molecule has 0 radical (unpaired) electrons. The summed E-state index contributed by atoms with van der Waals surface area (Å²) in [6.07, 6.45) is 4.98. The number of aromatic nitrogens is 2. The third-order valence-electron chi connectivity index (χ3n) is 4.93. The molecule has 2 aliphatic heterocycles. The van der Waals surface area contributed by atoms with Crippen molar-refractivity contribution in [2.24, 2.45) is 0 Å². The van der Waals surface area contributed by atoms with Crippen LogP contribution >= 0.6 is 0 Å². The highest BCUT2D eigenvalue weighted by molar-refractivity contribution is 5.52. The molecule has 2 aromatic rings. The lowest BCUT2D eigenvalue weighted by Gasteiger charge is -2.47. The third-order valence-corrected chi connectivity index (χ3v) is 4.93. The monoisotopic (exact) mass is 310 g/mol. The number of nitrogens with one attached hydrogen (secondary N) is 1. The molecule has 120 valence electrons. The minimum absolute atomic E-state index is 0.180. The van der Waals surface area contributed by atoms with E-state index in [0.29, 0.717) is 30.9 Å². The second-order valence-corrected chi connectivity index (χ2v) is 6.31. The van der Waals surface area contributed by atoms with E-state index in [0.717, 1.165) is 12.4 Å². The zero-order valence-electron chi connectivity index (χ0n) is 13.2. The summed E-state index contributed by atoms with van der Waals surface area (Å²) in [5.74, 6) is 2.25. The molecule has 23 heavy (non-hydrogen) atoms. The van der Waals surface area contributed by atoms with E-state index in [1.165, 1.54) is 24.0 Å². The van der Waals surface area contributed by atoms with Crippen LogP contribution in [0.2, 0.25) is 0 Å². The second kappa shape index (κ2) is 6.16. The number of piperidine rings is 1. The van der Waals surface area contributed by atoms with Crippen molar-refractivity contribution in [2.45, 2.75) is 31.2 Å². The van der Waals surface area contributed by atoms with E-state index in [1.807, 2.05) is 12.3 Å². The molecule has 2 N–H and O–H groups in total. The van der Waals surface area contributed by atoms with Crippen LogP contribution in [0.3, 0.4) is 0 Å². The summed E-state index contributed by atoms with van der Waals surface area (Å²) in [5, 5.41) is 12.1. The van der Waals surface area contributed by atoms with Gasteiger partial charge in [0.15, 0.2) is 0 Å². The minimum atomic E-state index is 0.180. The number of aliphatic hydroxyl groups excluding tert-OH is 1. The summed E-state index contributed by atoms with van der Waals surface area (Å²) in [7, 11) is 0. The van der Waals surface area contributed by atoms with Crippen LogP contribution in [0, 0.1) is 0 Å². The molecule has 1 fully saturated rings. The normalized spacial score (nSPS) is 22.0. The summed E-state index contributed by atoms with van der Waals surface area (Å²) in [6.45, 7) is 1.91. The van der Waals surface area contributed by atoms with Crippen molar-refractivity contribution < 1.29 is 5.11 Å². The van der Waals surface area contributed by atoms with Gasteiger partial charge >= 0.3 is 0 Å². The van der Waals surface area contributed by atoms with Gasteiger partial charge in [0.1, 0.15) is 5.82 Å². The lowest BCUT2D eigenvalue weighted by Crippen LogP contribution is -2.43. The molecule has 5 nitrogen and oxygen atoms in total. The van der Waals surface area contributed by atoms with Gasteiger partial charge < -0.3 is 15.3 Å². The van der Waals surface area contributed by atoms with Crippen LogP contribution in [-0.4, -0.2) is 34.8 Å². The topological polar surface area (TPSA) is 61.3 Å². The number of aliphatic hydroxyl groups is 1. The standard InChI is InChI=1S/C18H22N4O/c23-11-3-9-19-18-20-10-8-17(21-18)22-12-13-6-7-16(22)15-5-2-1-4-14(13)15/h1-2,4-5,8,10,13,16,23H,3,6-7,9,11-12H2,(H,19,20,21)/t13-,16+/m1/s1. The van der Waals surface area contributed by atoms with Gasteiger partial charge in [-0.15, -0.1) is 0 Å². The fourth-order valence-electron chi connectivity index (χ4n) is 3.86. The molecule has 0 saturated carbocycles. The Hall–Kier alpha value is -2.14. The third kappa shape index (κ3) is 2.65. The van der Waals surface area contributed by atoms with Crippen molar-refractivity contribution in [3.05, 3.63) is 47.7 Å². The lowest BCUT2D eigenvalue weighted by molar-refractivity contribution is 0.292. The van der Waals surface area contributed by atoms with Gasteiger partial charge in [-0.3, -0.25) is 0 Å². The Morgan fingerprint density at radius 2 is 2.04 bits per heavy atom. The maximum Gasteiger partial charge on any atom is 0.224 e. The fraction of sp³-hybridized carbons (Fsp3) is 0.444. The molecule has 0 unspecified atom stereocenters. The smallest absolute Gasteiger partial charge is 0.224 e. The number of benzene rings is 1. The Morgan fingerprint density at radius 1 is 1.17 bits per heavy atom. The van der Waals surface area contributed by atoms with Gasteiger partial charge in [0.05, 0.1) is 6.04 Å². The molecule has 0 amide bonds. The molecule has 1 aromatic carbocycles. The van der Waals surface area contributed by atoms with Gasteiger partial charge in [-0.05, 0) is 36.5 Å². The van der Waals surface area contributed by atoms with E-state index in [4.69, 9.17) is 5.11 Å². The highest BCUT2D eigenvalue weighted by atomic mass is 16.3. The Labute approximate surface area is 136 Å². The van der Waals surface area contributed by atoms with Crippen LogP contribution < -0.4 is 10.2 Å². The zero-order chi connectivity index (χ0) is 15.6. The highest BCUT2D eigenvalue weighted by Gasteiger charge is 2.38. The number of hydrogen-bond acceptors (Lipinski definition) is 5. The van der Waals surface area contributed by atoms with E-state index in [9.17, 15) is 0 Å². The van der Waals surface area contributed by atoms with E-state index >= 15 is 0 Å². The van der Waals surface area contributed by atoms with Gasteiger partial charge in [0.2, 0.25) is 5.95 Å². The SMILES string of the molecule is OCCCNc1nccc(N2C[C@H]3CC[C@H]2c2ccccc23)n1. The predicted molar refractivity (Wildman–Crippen MR) is 90.7 cm³/mol. The minimum Gasteiger partial charge on any atom is -0.396 e. The Bertz CT molecular complexity index is 690. The van der Waals surface area contributed by atoms with Crippen molar-refractivity contribution >= 4 is 11.8 Å². The summed E-state index contributed by atoms with van der Waals surface area (Å²) in [6, 6.07) is 11.3. The molecule has 2 atom stereocenters. The number of rotatable bonds is 5. The maximum absolute atomic E-state index is 8.88. The molecular formula is C18H22N4O. The van der Waals surface area contributed by atoms with Gasteiger partial charge in [0.25, 0.3) is 0 Å². The Morgan fingerprint density at radius 3 is 2.91 bits per heavy atom. The van der Waals surface area contributed by atoms with Crippen LogP contribution in [0.25, 0.3) is 0 Å². The number of hydrogen-bond donors (Lipinski definition) is 2. The number of nitrogens with zero attached hydrogens (tertiary/aromatic N) is 3. The van der Waals surface area contributed by atoms with Crippen molar-refractivity contribution in [1.82, 2.24) is 9.97 Å². The summed E-state index contributed by atoms with van der Waals surface area (Å²) in [5.41, 5.74) is 2.98. The molecule has 5 heteroatoms. The molecule has 1 aromatic heterocycles. The second-order valence-electron chi connectivity index (χ2n) is 6.31. The molecule has 3 heterocycles. The van der Waals surface area contributed by atoms with Gasteiger partial charge in [-0.1, -0.05) is 24.3 Å². The summed E-state index contributed by atoms with van der Waals surface area (Å²) < 4.78 is 0. The van der Waals surface area contributed by atoms with E-state index in [2.05, 4.69) is 44.5 Å². The van der Waals surface area contributed by atoms with E-state index in [-0.39, 0.29) is 6.61 Å². The molecule has 3 aliphatic rings. The quantitative estimate of drug-likeness (QED) is 0.832. The highest BCUT2D eigenvalue weighted by Crippen LogP contribution is 2.47. The average molecular weight is 310 g/mol. The molecule has 5 rings (SSSR count). The summed E-state index contributed by atoms with van der Waals surface area (Å²) in [4.78, 5) is 11.4. The molecule has 2 bridgehead atoms. The number of anilines is 2. The Kier molecular flexibility index (Phi) is 3.87. The van der Waals surface area contributed by atoms with Crippen LogP contribution in [0.4, 0.5) is 11.8 Å². The lowest BCUT2D eigenvalue weighted by atomic mass is 9.75. The van der Waals surface area contributed by atoms with Crippen LogP contribution in [-0.2, 0) is 0 Å². The first-order valence-electron chi connectivity index (χ1n) is 8.40. The van der Waals surface area contributed by atoms with Gasteiger partial charge in [-0.2, -0.15) is 4.98 Å². The number of fused-ring (bicyclic) bond motifs is 2. The zero-order valence-corrected chi connectivity index (χ0v) is 13.2. The summed E-state index contributed by atoms with van der Waals surface area (Å²) >= 11 is 0. The van der Waals surface area contributed by atoms with Crippen molar-refractivity contribution in [1.29, 1.82) is 0 Å². The van der Waals surface area contributed by atoms with Crippen LogP contribution in [0.15, 0.2) is 36.5 Å². The van der Waals surface area contributed by atoms with Gasteiger partial charge in [0, 0.05) is 31.8 Å². The van der Waals surface area contributed by atoms with E-state index < -0.39 is 0 Å². The maximum atomic E-state index is 8.88. The Balaban J connectivity index is 1.59. The van der Waals surface area contributed by atoms with Gasteiger partial charge in [-0.25, -0.2) is 4.98 Å². The van der Waals surface area contributed by atoms with E-state index in [1.54, 1.807) is 0 Å². The van der Waals surface area contributed by atoms with Crippen molar-refractivity contribution in [3.8, 4) is 0 Å². The predicted octanol–water partition coefficient (Wildman–Crippen LogP) is 2.71. The molecule has 1 aliphatic carbocycles. The molecule has 1 saturated heterocycles. The first-order chi connectivity index (χ1) is 11.4. The first kappa shape index (κ1) is 14.5. The molecular weight excluding hydrogens is 288 g/mol.